The van der Waals surface area contributed by atoms with Crippen molar-refractivity contribution in [1.29, 1.82) is 0 Å². The summed E-state index contributed by atoms with van der Waals surface area (Å²) in [5, 5.41) is 3.41. The highest BCUT2D eigenvalue weighted by atomic mass is 127. The average molecular weight is 482 g/mol. The Morgan fingerprint density at radius 1 is 1.42 bits per heavy atom. The Morgan fingerprint density at radius 3 is 3.15 bits per heavy atom. The lowest BCUT2D eigenvalue weighted by Crippen LogP contribution is -2.18. The third-order valence-corrected chi connectivity index (χ3v) is 6.34. The molecule has 8 nitrogen and oxygen atoms in total. The number of nitrogens with zero attached hydrogens (tertiary/aromatic N) is 4. The maximum absolute atomic E-state index is 10.6. The number of anilines is 1. The first-order chi connectivity index (χ1) is 12.7. The number of carbonyl (C=O) groups is 1. The molecule has 4 rings (SSSR count). The zero-order valence-electron chi connectivity index (χ0n) is 13.6. The molecule has 0 radical (unpaired) electrons. The molecule has 0 aliphatic carbocycles. The van der Waals surface area contributed by atoms with Gasteiger partial charge in [0, 0.05) is 28.0 Å². The second-order valence-electron chi connectivity index (χ2n) is 5.64. The molecule has 0 saturated carbocycles. The minimum atomic E-state index is 0.339. The van der Waals surface area contributed by atoms with Crippen LogP contribution in [-0.4, -0.2) is 39.1 Å². The van der Waals surface area contributed by atoms with E-state index in [1.807, 2.05) is 4.57 Å². The first kappa shape index (κ1) is 17.3. The lowest BCUT2D eigenvalue weighted by Gasteiger charge is -2.10. The Labute approximate surface area is 167 Å². The standard InChI is InChI=1S/C16H15IN6O2S/c17-10-5-9-1-4-25-11(9)6-12(10)26-16-22-13-14(18)20-7-21-15(13)23(16)3-2-19-8-24/h5-8H,1-4H2,(H,19,24)(H2,18,20,21). The molecule has 0 fully saturated rings. The van der Waals surface area contributed by atoms with Gasteiger partial charge in [0.25, 0.3) is 0 Å². The number of halogens is 1. The predicted molar refractivity (Wildman–Crippen MR) is 106 cm³/mol. The summed E-state index contributed by atoms with van der Waals surface area (Å²) in [6.07, 6.45) is 3.04. The smallest absolute Gasteiger partial charge is 0.207 e. The summed E-state index contributed by atoms with van der Waals surface area (Å²) in [4.78, 5) is 24.6. The number of carbonyl (C=O) groups excluding carboxylic acids is 1. The topological polar surface area (TPSA) is 108 Å². The molecular formula is C16H15IN6O2S. The molecule has 3 heterocycles. The fourth-order valence-corrected chi connectivity index (χ4v) is 4.61. The minimum absolute atomic E-state index is 0.339. The summed E-state index contributed by atoms with van der Waals surface area (Å²) < 4.78 is 8.77. The van der Waals surface area contributed by atoms with E-state index in [-0.39, 0.29) is 0 Å². The molecule has 3 N–H and O–H groups in total. The van der Waals surface area contributed by atoms with Gasteiger partial charge >= 0.3 is 0 Å². The summed E-state index contributed by atoms with van der Waals surface area (Å²) in [6.45, 7) is 1.73. The Morgan fingerprint density at radius 2 is 2.31 bits per heavy atom. The molecule has 26 heavy (non-hydrogen) atoms. The van der Waals surface area contributed by atoms with Crippen LogP contribution in [0.1, 0.15) is 5.56 Å². The molecule has 134 valence electrons. The fourth-order valence-electron chi connectivity index (χ4n) is 2.80. The van der Waals surface area contributed by atoms with Crippen LogP contribution in [0.5, 0.6) is 5.75 Å². The van der Waals surface area contributed by atoms with Crippen molar-refractivity contribution in [2.45, 2.75) is 23.0 Å². The number of nitrogens with one attached hydrogen (secondary N) is 1. The van der Waals surface area contributed by atoms with Crippen molar-refractivity contribution in [2.24, 2.45) is 0 Å². The van der Waals surface area contributed by atoms with Gasteiger partial charge < -0.3 is 20.4 Å². The first-order valence-corrected chi connectivity index (χ1v) is 9.83. The van der Waals surface area contributed by atoms with Crippen LogP contribution in [0.15, 0.2) is 28.5 Å². The Kier molecular flexibility index (Phi) is 4.85. The van der Waals surface area contributed by atoms with Crippen molar-refractivity contribution >= 4 is 57.7 Å². The van der Waals surface area contributed by atoms with Gasteiger partial charge in [-0.25, -0.2) is 15.0 Å². The van der Waals surface area contributed by atoms with Gasteiger partial charge in [0.05, 0.1) is 6.61 Å². The quantitative estimate of drug-likeness (QED) is 0.314. The number of nitrogen functional groups attached to an aromatic ring is 1. The largest absolute Gasteiger partial charge is 0.493 e. The third kappa shape index (κ3) is 3.18. The van der Waals surface area contributed by atoms with Crippen LogP contribution in [0.2, 0.25) is 0 Å². The zero-order valence-corrected chi connectivity index (χ0v) is 16.6. The van der Waals surface area contributed by atoms with Crippen molar-refractivity contribution in [2.75, 3.05) is 18.9 Å². The minimum Gasteiger partial charge on any atom is -0.493 e. The van der Waals surface area contributed by atoms with Crippen LogP contribution in [-0.2, 0) is 17.8 Å². The van der Waals surface area contributed by atoms with E-state index < -0.39 is 0 Å². The molecule has 0 saturated heterocycles. The molecule has 0 bridgehead atoms. The zero-order chi connectivity index (χ0) is 18.1. The number of imidazole rings is 1. The average Bonchev–Trinajstić information content (AvgIpc) is 3.21. The maximum atomic E-state index is 10.6. The van der Waals surface area contributed by atoms with Gasteiger partial charge in [-0.1, -0.05) is 11.8 Å². The molecule has 1 aromatic carbocycles. The van der Waals surface area contributed by atoms with E-state index in [1.54, 1.807) is 0 Å². The highest BCUT2D eigenvalue weighted by Crippen LogP contribution is 2.38. The van der Waals surface area contributed by atoms with Crippen molar-refractivity contribution in [3.8, 4) is 5.75 Å². The van der Waals surface area contributed by atoms with Gasteiger partial charge in [-0.3, -0.25) is 4.79 Å². The van der Waals surface area contributed by atoms with Gasteiger partial charge in [0.2, 0.25) is 6.41 Å². The van der Waals surface area contributed by atoms with E-state index in [1.165, 1.54) is 23.7 Å². The number of rotatable bonds is 6. The number of aromatic nitrogens is 4. The summed E-state index contributed by atoms with van der Waals surface area (Å²) >= 11 is 3.85. The summed E-state index contributed by atoms with van der Waals surface area (Å²) in [5.74, 6) is 1.27. The molecule has 0 spiro atoms. The monoisotopic (exact) mass is 482 g/mol. The van der Waals surface area contributed by atoms with Crippen molar-refractivity contribution in [3.05, 3.63) is 27.6 Å². The molecule has 0 atom stereocenters. The van der Waals surface area contributed by atoms with Crippen LogP contribution in [0.4, 0.5) is 5.82 Å². The number of ether oxygens (including phenoxy) is 1. The normalized spacial score (nSPS) is 12.8. The van der Waals surface area contributed by atoms with Gasteiger partial charge in [0.15, 0.2) is 22.1 Å². The van der Waals surface area contributed by atoms with E-state index in [2.05, 4.69) is 55.0 Å². The van der Waals surface area contributed by atoms with Crippen molar-refractivity contribution in [1.82, 2.24) is 24.8 Å². The van der Waals surface area contributed by atoms with E-state index >= 15 is 0 Å². The molecule has 3 aromatic rings. The molecule has 1 aliphatic heterocycles. The van der Waals surface area contributed by atoms with Gasteiger partial charge in [-0.15, -0.1) is 0 Å². The molecule has 10 heteroatoms. The second kappa shape index (κ2) is 7.27. The SMILES string of the molecule is Nc1ncnc2c1nc(Sc1cc3c(cc1I)CCO3)n2CCNC=O. The highest BCUT2D eigenvalue weighted by molar-refractivity contribution is 14.1. The Hall–Kier alpha value is -2.08. The summed E-state index contributed by atoms with van der Waals surface area (Å²) in [6, 6.07) is 4.21. The first-order valence-electron chi connectivity index (χ1n) is 7.94. The summed E-state index contributed by atoms with van der Waals surface area (Å²) in [5.41, 5.74) is 8.41. The lowest BCUT2D eigenvalue weighted by atomic mass is 10.2. The molecular weight excluding hydrogens is 467 g/mol. The van der Waals surface area contributed by atoms with Gasteiger partial charge in [-0.2, -0.15) is 0 Å². The number of amides is 1. The number of nitrogens with two attached hydrogens (primary N) is 1. The molecule has 0 unspecified atom stereocenters. The van der Waals surface area contributed by atoms with Gasteiger partial charge in [-0.05, 0) is 40.3 Å². The van der Waals surface area contributed by atoms with Crippen LogP contribution in [0, 0.1) is 3.57 Å². The Balaban J connectivity index is 1.74. The second-order valence-corrected chi connectivity index (χ2v) is 7.81. The van der Waals surface area contributed by atoms with Crippen LogP contribution in [0.25, 0.3) is 11.2 Å². The lowest BCUT2D eigenvalue weighted by molar-refractivity contribution is -0.109. The van der Waals surface area contributed by atoms with Crippen molar-refractivity contribution in [3.63, 3.8) is 0 Å². The Bertz CT molecular complexity index is 993. The van der Waals surface area contributed by atoms with Crippen LogP contribution < -0.4 is 15.8 Å². The molecule has 2 aromatic heterocycles. The summed E-state index contributed by atoms with van der Waals surface area (Å²) in [7, 11) is 0. The highest BCUT2D eigenvalue weighted by Gasteiger charge is 2.19. The fraction of sp³-hybridized carbons (Fsp3) is 0.250. The number of fused-ring (bicyclic) bond motifs is 2. The van der Waals surface area contributed by atoms with Crippen LogP contribution >= 0.6 is 34.4 Å². The molecule has 1 amide bonds. The number of hydrogen-bond acceptors (Lipinski definition) is 7. The van der Waals surface area contributed by atoms with Crippen molar-refractivity contribution < 1.29 is 9.53 Å². The van der Waals surface area contributed by atoms with Gasteiger partial charge in [0.1, 0.15) is 12.1 Å². The molecule has 1 aliphatic rings. The number of benzene rings is 1. The van der Waals surface area contributed by atoms with E-state index in [0.717, 1.165) is 32.4 Å². The van der Waals surface area contributed by atoms with E-state index in [9.17, 15) is 4.79 Å². The number of hydrogen-bond donors (Lipinski definition) is 2. The maximum Gasteiger partial charge on any atom is 0.207 e. The van der Waals surface area contributed by atoms with Crippen LogP contribution in [0.3, 0.4) is 0 Å². The van der Waals surface area contributed by atoms with E-state index in [0.29, 0.717) is 36.5 Å². The third-order valence-electron chi connectivity index (χ3n) is 4.03. The predicted octanol–water partition coefficient (Wildman–Crippen LogP) is 1.85. The van der Waals surface area contributed by atoms with E-state index in [4.69, 9.17) is 10.5 Å².